The number of nitrogens with one attached hydrogen (secondary N) is 1. The van der Waals surface area contributed by atoms with Crippen LogP contribution in [-0.2, 0) is 6.54 Å². The molecule has 5 heteroatoms. The third-order valence-electron chi connectivity index (χ3n) is 2.24. The number of halogens is 1. The number of nitrogens with zero attached hydrogens (tertiary/aromatic N) is 3. The number of aromatic nitrogens is 3. The lowest BCUT2D eigenvalue weighted by atomic mass is 10.1. The largest absolute Gasteiger partial charge is 0.311 e. The van der Waals surface area contributed by atoms with Crippen LogP contribution in [0.2, 0.25) is 0 Å². The van der Waals surface area contributed by atoms with Crippen LogP contribution in [0, 0.1) is 0 Å². The van der Waals surface area contributed by atoms with Crippen LogP contribution in [-0.4, -0.2) is 33.2 Å². The molecule has 1 aromatic heterocycles. The van der Waals surface area contributed by atoms with Gasteiger partial charge in [0.15, 0.2) is 5.82 Å². The average molecular weight is 213 g/mol. The van der Waals surface area contributed by atoms with Crippen LogP contribution in [0.1, 0.15) is 12.7 Å². The molecule has 2 heterocycles. The van der Waals surface area contributed by atoms with Gasteiger partial charge in [0.05, 0.1) is 5.38 Å². The zero-order valence-electron chi connectivity index (χ0n) is 8.07. The van der Waals surface area contributed by atoms with Gasteiger partial charge < -0.3 is 5.32 Å². The van der Waals surface area contributed by atoms with Gasteiger partial charge in [0.25, 0.3) is 0 Å². The van der Waals surface area contributed by atoms with Gasteiger partial charge in [0.2, 0.25) is 0 Å². The third-order valence-corrected chi connectivity index (χ3v) is 2.52. The Morgan fingerprint density at radius 2 is 2.57 bits per heavy atom. The van der Waals surface area contributed by atoms with Gasteiger partial charge >= 0.3 is 0 Å². The summed E-state index contributed by atoms with van der Waals surface area (Å²) >= 11 is 6.03. The van der Waals surface area contributed by atoms with Gasteiger partial charge in [0, 0.05) is 25.2 Å². The molecule has 1 aromatic rings. The van der Waals surface area contributed by atoms with Crippen molar-refractivity contribution in [1.82, 2.24) is 20.1 Å². The van der Waals surface area contributed by atoms with Crippen molar-refractivity contribution in [2.75, 3.05) is 13.1 Å². The number of alkyl halides is 1. The molecule has 0 radical (unpaired) electrons. The van der Waals surface area contributed by atoms with Crippen molar-refractivity contribution in [3.63, 3.8) is 0 Å². The monoisotopic (exact) mass is 212 g/mol. The molecule has 0 fully saturated rings. The Bertz CT molecular complexity index is 344. The Hall–Kier alpha value is -0.870. The van der Waals surface area contributed by atoms with E-state index in [0.717, 1.165) is 31.0 Å². The first-order chi connectivity index (χ1) is 6.81. The first-order valence-electron chi connectivity index (χ1n) is 4.75. The lowest BCUT2D eigenvalue weighted by Crippen LogP contribution is -2.29. The minimum absolute atomic E-state index is 0.0563. The SMILES string of the molecule is CCn1ncnc1C1=CC(Cl)CNC1. The molecule has 1 aliphatic heterocycles. The fraction of sp³-hybridized carbons (Fsp3) is 0.556. The predicted molar refractivity (Wildman–Crippen MR) is 56.2 cm³/mol. The van der Waals surface area contributed by atoms with Crippen molar-refractivity contribution < 1.29 is 0 Å². The minimum atomic E-state index is 0.0563. The maximum atomic E-state index is 6.03. The van der Waals surface area contributed by atoms with E-state index in [1.54, 1.807) is 6.33 Å². The van der Waals surface area contributed by atoms with Gasteiger partial charge in [-0.2, -0.15) is 5.10 Å². The molecule has 1 atom stereocenters. The Morgan fingerprint density at radius 3 is 3.29 bits per heavy atom. The minimum Gasteiger partial charge on any atom is -0.311 e. The highest BCUT2D eigenvalue weighted by atomic mass is 35.5. The second-order valence-electron chi connectivity index (χ2n) is 3.24. The summed E-state index contributed by atoms with van der Waals surface area (Å²) in [4.78, 5) is 4.23. The molecular formula is C9H13ClN4. The average Bonchev–Trinajstić information content (AvgIpc) is 2.65. The standard InChI is InChI=1S/C9H13ClN4/c1-2-14-9(12-6-13-14)7-3-8(10)5-11-4-7/h3,6,8,11H,2,4-5H2,1H3. The first kappa shape index (κ1) is 9.68. The van der Waals surface area contributed by atoms with Crippen LogP contribution in [0.5, 0.6) is 0 Å². The molecule has 1 aliphatic rings. The van der Waals surface area contributed by atoms with E-state index in [9.17, 15) is 0 Å². The zero-order valence-corrected chi connectivity index (χ0v) is 8.83. The van der Waals surface area contributed by atoms with E-state index < -0.39 is 0 Å². The molecule has 0 spiro atoms. The topological polar surface area (TPSA) is 42.7 Å². The van der Waals surface area contributed by atoms with Crippen LogP contribution in [0.3, 0.4) is 0 Å². The summed E-state index contributed by atoms with van der Waals surface area (Å²) < 4.78 is 1.88. The molecule has 0 aromatic carbocycles. The second kappa shape index (κ2) is 4.11. The van der Waals surface area contributed by atoms with Gasteiger partial charge in [-0.3, -0.25) is 0 Å². The molecule has 2 rings (SSSR count). The summed E-state index contributed by atoms with van der Waals surface area (Å²) in [5.41, 5.74) is 1.13. The van der Waals surface area contributed by atoms with E-state index in [0.29, 0.717) is 0 Å². The van der Waals surface area contributed by atoms with Gasteiger partial charge in [0.1, 0.15) is 6.33 Å². The van der Waals surface area contributed by atoms with Crippen LogP contribution >= 0.6 is 11.6 Å². The summed E-state index contributed by atoms with van der Waals surface area (Å²) in [5, 5.41) is 7.43. The van der Waals surface area contributed by atoms with Crippen LogP contribution in [0.15, 0.2) is 12.4 Å². The predicted octanol–water partition coefficient (Wildman–Crippen LogP) is 0.892. The summed E-state index contributed by atoms with van der Waals surface area (Å²) in [5.74, 6) is 0.922. The van der Waals surface area contributed by atoms with Crippen LogP contribution < -0.4 is 5.32 Å². The Kier molecular flexibility index (Phi) is 2.84. The maximum absolute atomic E-state index is 6.03. The number of hydrogen-bond donors (Lipinski definition) is 1. The van der Waals surface area contributed by atoms with E-state index >= 15 is 0 Å². The van der Waals surface area contributed by atoms with Crippen LogP contribution in [0.4, 0.5) is 0 Å². The van der Waals surface area contributed by atoms with Crippen molar-refractivity contribution in [3.05, 3.63) is 18.2 Å². The number of aryl methyl sites for hydroxylation is 1. The molecule has 4 nitrogen and oxygen atoms in total. The molecule has 0 saturated heterocycles. The maximum Gasteiger partial charge on any atom is 0.154 e. The Morgan fingerprint density at radius 1 is 1.71 bits per heavy atom. The molecule has 1 unspecified atom stereocenters. The smallest absolute Gasteiger partial charge is 0.154 e. The van der Waals surface area contributed by atoms with E-state index in [-0.39, 0.29) is 5.38 Å². The lowest BCUT2D eigenvalue weighted by molar-refractivity contribution is 0.640. The van der Waals surface area contributed by atoms with Gasteiger partial charge in [-0.15, -0.1) is 11.6 Å². The highest BCUT2D eigenvalue weighted by Gasteiger charge is 2.15. The molecular weight excluding hydrogens is 200 g/mol. The molecule has 1 N–H and O–H groups in total. The van der Waals surface area contributed by atoms with E-state index in [2.05, 4.69) is 15.4 Å². The van der Waals surface area contributed by atoms with Gasteiger partial charge in [-0.05, 0) is 6.92 Å². The summed E-state index contributed by atoms with van der Waals surface area (Å²) in [6.07, 6.45) is 3.63. The lowest BCUT2D eigenvalue weighted by Gasteiger charge is -2.17. The van der Waals surface area contributed by atoms with Crippen molar-refractivity contribution >= 4 is 17.2 Å². The fourth-order valence-electron chi connectivity index (χ4n) is 1.58. The fourth-order valence-corrected chi connectivity index (χ4v) is 1.84. The van der Waals surface area contributed by atoms with Crippen molar-refractivity contribution in [2.45, 2.75) is 18.8 Å². The van der Waals surface area contributed by atoms with E-state index in [1.165, 1.54) is 0 Å². The molecule has 0 saturated carbocycles. The second-order valence-corrected chi connectivity index (χ2v) is 3.80. The van der Waals surface area contributed by atoms with E-state index in [4.69, 9.17) is 11.6 Å². The Balaban J connectivity index is 2.29. The third kappa shape index (κ3) is 1.81. The first-order valence-corrected chi connectivity index (χ1v) is 5.18. The van der Waals surface area contributed by atoms with Gasteiger partial charge in [-0.25, -0.2) is 9.67 Å². The number of hydrogen-bond acceptors (Lipinski definition) is 3. The van der Waals surface area contributed by atoms with Crippen LogP contribution in [0.25, 0.3) is 5.57 Å². The molecule has 0 amide bonds. The quantitative estimate of drug-likeness (QED) is 0.741. The van der Waals surface area contributed by atoms with Crippen molar-refractivity contribution in [2.24, 2.45) is 0 Å². The highest BCUT2D eigenvalue weighted by molar-refractivity contribution is 6.22. The molecule has 0 bridgehead atoms. The van der Waals surface area contributed by atoms with Crippen molar-refractivity contribution in [3.8, 4) is 0 Å². The highest BCUT2D eigenvalue weighted by Crippen LogP contribution is 2.16. The Labute approximate surface area is 88.0 Å². The zero-order chi connectivity index (χ0) is 9.97. The van der Waals surface area contributed by atoms with Crippen molar-refractivity contribution in [1.29, 1.82) is 0 Å². The number of rotatable bonds is 2. The molecule has 76 valence electrons. The summed E-state index contributed by atoms with van der Waals surface area (Å²) in [6, 6.07) is 0. The summed E-state index contributed by atoms with van der Waals surface area (Å²) in [6.45, 7) is 4.53. The normalized spacial score (nSPS) is 22.1. The van der Waals surface area contributed by atoms with E-state index in [1.807, 2.05) is 17.7 Å². The molecule has 0 aliphatic carbocycles. The summed E-state index contributed by atoms with van der Waals surface area (Å²) in [7, 11) is 0. The molecule has 14 heavy (non-hydrogen) atoms. The van der Waals surface area contributed by atoms with Gasteiger partial charge in [-0.1, -0.05) is 6.08 Å².